The molecular formula is C25H29NO6. The first-order valence-electron chi connectivity index (χ1n) is 10.9. The van der Waals surface area contributed by atoms with Gasteiger partial charge in [0.15, 0.2) is 6.10 Å². The summed E-state index contributed by atoms with van der Waals surface area (Å²) in [5.74, 6) is -1.38. The van der Waals surface area contributed by atoms with Gasteiger partial charge in [-0.15, -0.1) is 0 Å². The zero-order chi connectivity index (χ0) is 22.8. The summed E-state index contributed by atoms with van der Waals surface area (Å²) in [6.45, 7) is 0.463. The first kappa shape index (κ1) is 22.6. The van der Waals surface area contributed by atoms with E-state index in [4.69, 9.17) is 4.74 Å². The summed E-state index contributed by atoms with van der Waals surface area (Å²) in [5, 5.41) is 39.6. The molecule has 0 radical (unpaired) electrons. The molecule has 170 valence electrons. The highest BCUT2D eigenvalue weighted by atomic mass is 16.6. The van der Waals surface area contributed by atoms with Crippen LogP contribution in [0.4, 0.5) is 0 Å². The first-order valence-corrected chi connectivity index (χ1v) is 10.9. The first-order chi connectivity index (χ1) is 15.4. The van der Waals surface area contributed by atoms with E-state index in [1.807, 2.05) is 12.1 Å². The van der Waals surface area contributed by atoms with Gasteiger partial charge in [-0.25, -0.2) is 4.79 Å². The fourth-order valence-electron chi connectivity index (χ4n) is 4.61. The van der Waals surface area contributed by atoms with Gasteiger partial charge in [-0.3, -0.25) is 4.90 Å². The van der Waals surface area contributed by atoms with Crippen molar-refractivity contribution in [2.24, 2.45) is 0 Å². The van der Waals surface area contributed by atoms with Crippen LogP contribution < -0.4 is 0 Å². The number of aryl methyl sites for hydroxylation is 2. The van der Waals surface area contributed by atoms with Gasteiger partial charge in [0, 0.05) is 6.54 Å². The third kappa shape index (κ3) is 4.35. The number of aliphatic carboxylic acids is 1. The van der Waals surface area contributed by atoms with Crippen molar-refractivity contribution in [1.82, 2.24) is 4.90 Å². The number of nitrogens with zero attached hydrogens (tertiary/aromatic N) is 1. The summed E-state index contributed by atoms with van der Waals surface area (Å²) in [5.41, 5.74) is 6.18. The number of carboxylic acids is 1. The zero-order valence-corrected chi connectivity index (χ0v) is 18.0. The van der Waals surface area contributed by atoms with E-state index in [0.29, 0.717) is 13.0 Å². The molecule has 1 heterocycles. The Balaban J connectivity index is 1.54. The maximum Gasteiger partial charge on any atom is 0.335 e. The molecule has 2 aliphatic rings. The molecule has 4 N–H and O–H groups in total. The smallest absolute Gasteiger partial charge is 0.335 e. The number of carbonyl (C=O) groups is 1. The highest BCUT2D eigenvalue weighted by molar-refractivity contribution is 5.83. The lowest BCUT2D eigenvalue weighted by atomic mass is 9.93. The largest absolute Gasteiger partial charge is 0.479 e. The molecule has 0 spiro atoms. The number of aliphatic hydroxyl groups excluding tert-OH is 3. The van der Waals surface area contributed by atoms with Crippen LogP contribution in [0.5, 0.6) is 0 Å². The topological polar surface area (TPSA) is 110 Å². The quantitative estimate of drug-likeness (QED) is 0.558. The van der Waals surface area contributed by atoms with Crippen LogP contribution in [0.15, 0.2) is 54.6 Å². The molecule has 7 nitrogen and oxygen atoms in total. The Labute approximate surface area is 187 Å². The van der Waals surface area contributed by atoms with Crippen molar-refractivity contribution in [2.45, 2.75) is 49.9 Å². The van der Waals surface area contributed by atoms with Crippen LogP contribution in [0.3, 0.4) is 0 Å². The van der Waals surface area contributed by atoms with E-state index >= 15 is 0 Å². The Morgan fingerprint density at radius 2 is 1.53 bits per heavy atom. The van der Waals surface area contributed by atoms with E-state index in [0.717, 1.165) is 18.4 Å². The van der Waals surface area contributed by atoms with E-state index in [-0.39, 0.29) is 0 Å². The molecule has 2 aromatic rings. The molecule has 1 aliphatic heterocycles. The standard InChI is InChI=1S/C25H29NO6/c1-26(24-22(29)20(27)21(28)23(32-24)25(30)31)14-6-11-19-17-9-4-2-7-15(17)12-13-16-8-3-5-10-18(16)19/h2-5,7-11,20-24,27-29H,6,12-14H2,1H3,(H,30,31)/t20-,21-,22+,23-,24?/m0/s1. The second kappa shape index (κ2) is 9.52. The summed E-state index contributed by atoms with van der Waals surface area (Å²) in [4.78, 5) is 13.0. The van der Waals surface area contributed by atoms with Crippen LogP contribution in [0, 0.1) is 0 Å². The lowest BCUT2D eigenvalue weighted by Crippen LogP contribution is -2.63. The number of fused-ring (bicyclic) bond motifs is 2. The molecule has 2 aromatic carbocycles. The van der Waals surface area contributed by atoms with Gasteiger partial charge >= 0.3 is 5.97 Å². The van der Waals surface area contributed by atoms with Crippen molar-refractivity contribution < 1.29 is 30.0 Å². The van der Waals surface area contributed by atoms with Gasteiger partial charge in [-0.05, 0) is 54.1 Å². The van der Waals surface area contributed by atoms with Crippen LogP contribution in [-0.2, 0) is 22.4 Å². The lowest BCUT2D eigenvalue weighted by Gasteiger charge is -2.42. The SMILES string of the molecule is CN(CCC=C1c2ccccc2CCc2ccccc21)C1O[C@H](C(=O)O)[C@@H](O)[C@H](O)[C@H]1O. The van der Waals surface area contributed by atoms with Crippen molar-refractivity contribution >= 4 is 11.5 Å². The Bertz CT molecular complexity index is 956. The average Bonchev–Trinajstić information content (AvgIpc) is 2.94. The van der Waals surface area contributed by atoms with E-state index in [2.05, 4.69) is 42.5 Å². The minimum absolute atomic E-state index is 0.463. The second-order valence-corrected chi connectivity index (χ2v) is 8.46. The molecule has 7 heteroatoms. The number of carboxylic acid groups (broad SMARTS) is 1. The minimum atomic E-state index is -1.69. The monoisotopic (exact) mass is 439 g/mol. The fourth-order valence-corrected chi connectivity index (χ4v) is 4.61. The van der Waals surface area contributed by atoms with Crippen molar-refractivity contribution in [1.29, 1.82) is 0 Å². The summed E-state index contributed by atoms with van der Waals surface area (Å²) in [6, 6.07) is 16.8. The molecule has 1 unspecified atom stereocenters. The Morgan fingerprint density at radius 3 is 2.09 bits per heavy atom. The number of benzene rings is 2. The number of hydrogen-bond acceptors (Lipinski definition) is 6. The average molecular weight is 440 g/mol. The molecule has 0 bridgehead atoms. The van der Waals surface area contributed by atoms with Crippen LogP contribution >= 0.6 is 0 Å². The fraction of sp³-hybridized carbons (Fsp3) is 0.400. The van der Waals surface area contributed by atoms with E-state index in [9.17, 15) is 25.2 Å². The maximum atomic E-state index is 11.4. The number of ether oxygens (including phenoxy) is 1. The molecule has 5 atom stereocenters. The normalized spacial score (nSPS) is 27.4. The van der Waals surface area contributed by atoms with Crippen molar-refractivity contribution in [2.75, 3.05) is 13.6 Å². The van der Waals surface area contributed by atoms with Crippen LogP contribution in [0.1, 0.15) is 28.7 Å². The lowest BCUT2D eigenvalue weighted by molar-refractivity contribution is -0.256. The van der Waals surface area contributed by atoms with Crippen molar-refractivity contribution in [3.63, 3.8) is 0 Å². The van der Waals surface area contributed by atoms with Crippen molar-refractivity contribution in [3.8, 4) is 0 Å². The van der Waals surface area contributed by atoms with E-state index < -0.39 is 36.6 Å². The summed E-state index contributed by atoms with van der Waals surface area (Å²) in [7, 11) is 1.70. The minimum Gasteiger partial charge on any atom is -0.479 e. The molecule has 1 saturated heterocycles. The van der Waals surface area contributed by atoms with Gasteiger partial charge in [-0.1, -0.05) is 54.6 Å². The molecule has 4 rings (SSSR count). The van der Waals surface area contributed by atoms with Gasteiger partial charge < -0.3 is 25.2 Å². The zero-order valence-electron chi connectivity index (χ0n) is 18.0. The van der Waals surface area contributed by atoms with E-state index in [1.54, 1.807) is 11.9 Å². The Morgan fingerprint density at radius 1 is 0.969 bits per heavy atom. The van der Waals surface area contributed by atoms with Crippen molar-refractivity contribution in [3.05, 3.63) is 76.9 Å². The molecule has 0 saturated carbocycles. The summed E-state index contributed by atoms with van der Waals surface area (Å²) in [6.07, 6.45) is -2.61. The number of rotatable bonds is 5. The van der Waals surface area contributed by atoms with Crippen LogP contribution in [0.2, 0.25) is 0 Å². The van der Waals surface area contributed by atoms with Gasteiger partial charge in [-0.2, -0.15) is 0 Å². The second-order valence-electron chi connectivity index (χ2n) is 8.46. The van der Waals surface area contributed by atoms with Gasteiger partial charge in [0.1, 0.15) is 24.5 Å². The third-order valence-corrected chi connectivity index (χ3v) is 6.38. The molecule has 1 fully saturated rings. The molecule has 1 aliphatic carbocycles. The maximum absolute atomic E-state index is 11.4. The predicted octanol–water partition coefficient (Wildman–Crippen LogP) is 1.43. The molecule has 0 aromatic heterocycles. The van der Waals surface area contributed by atoms with Crippen LogP contribution in [0.25, 0.3) is 5.57 Å². The van der Waals surface area contributed by atoms with Crippen LogP contribution in [-0.4, -0.2) is 75.5 Å². The highest BCUT2D eigenvalue weighted by Gasteiger charge is 2.48. The Hall–Kier alpha value is -2.55. The van der Waals surface area contributed by atoms with Gasteiger partial charge in [0.05, 0.1) is 0 Å². The molecular weight excluding hydrogens is 410 g/mol. The summed E-state index contributed by atoms with van der Waals surface area (Å²) < 4.78 is 5.43. The van der Waals surface area contributed by atoms with Gasteiger partial charge in [0.2, 0.25) is 0 Å². The third-order valence-electron chi connectivity index (χ3n) is 6.38. The Kier molecular flexibility index (Phi) is 6.74. The molecule has 32 heavy (non-hydrogen) atoms. The number of aliphatic hydroxyl groups is 3. The van der Waals surface area contributed by atoms with E-state index in [1.165, 1.54) is 22.3 Å². The molecule has 0 amide bonds. The number of likely N-dealkylation sites (N-methyl/N-ethyl adjacent to an activating group) is 1. The number of hydrogen-bond donors (Lipinski definition) is 4. The summed E-state index contributed by atoms with van der Waals surface area (Å²) >= 11 is 0. The van der Waals surface area contributed by atoms with Gasteiger partial charge in [0.25, 0.3) is 0 Å². The predicted molar refractivity (Wildman–Crippen MR) is 119 cm³/mol. The highest BCUT2D eigenvalue weighted by Crippen LogP contribution is 2.34.